The molecule has 1 aliphatic rings. The maximum atomic E-state index is 3.44. The first-order chi connectivity index (χ1) is 5.77. The van der Waals surface area contributed by atoms with Crippen molar-refractivity contribution in [1.29, 1.82) is 0 Å². The predicted octanol–water partition coefficient (Wildman–Crippen LogP) is 2.81. The van der Waals surface area contributed by atoms with Gasteiger partial charge < -0.3 is 5.32 Å². The highest BCUT2D eigenvalue weighted by atomic mass is 14.9. The van der Waals surface area contributed by atoms with Crippen LogP contribution in [0, 0.1) is 11.8 Å². The summed E-state index contributed by atoms with van der Waals surface area (Å²) in [4.78, 5) is 0. The summed E-state index contributed by atoms with van der Waals surface area (Å²) in [6.45, 7) is 4.68. The van der Waals surface area contributed by atoms with E-state index in [1.54, 1.807) is 0 Å². The Morgan fingerprint density at radius 3 is 2.25 bits per heavy atom. The zero-order valence-electron chi connectivity index (χ0n) is 8.77. The molecule has 0 amide bonds. The van der Waals surface area contributed by atoms with Crippen molar-refractivity contribution in [2.45, 2.75) is 52.0 Å². The second-order valence-electron chi connectivity index (χ2n) is 4.32. The van der Waals surface area contributed by atoms with E-state index in [0.717, 1.165) is 17.9 Å². The third kappa shape index (κ3) is 2.48. The molecule has 1 N–H and O–H groups in total. The minimum atomic E-state index is 0.775. The fraction of sp³-hybridized carbons (Fsp3) is 1.00. The molecule has 0 saturated heterocycles. The van der Waals surface area contributed by atoms with Crippen molar-refractivity contribution in [3.63, 3.8) is 0 Å². The van der Waals surface area contributed by atoms with Gasteiger partial charge in [-0.1, -0.05) is 26.7 Å². The summed E-state index contributed by atoms with van der Waals surface area (Å²) in [7, 11) is 2.10. The van der Waals surface area contributed by atoms with Gasteiger partial charge in [-0.05, 0) is 38.1 Å². The Balaban J connectivity index is 2.32. The van der Waals surface area contributed by atoms with Crippen molar-refractivity contribution in [3.8, 4) is 0 Å². The van der Waals surface area contributed by atoms with Gasteiger partial charge in [0.2, 0.25) is 0 Å². The van der Waals surface area contributed by atoms with E-state index < -0.39 is 0 Å². The Kier molecular flexibility index (Phi) is 4.07. The van der Waals surface area contributed by atoms with Gasteiger partial charge in [0.1, 0.15) is 0 Å². The summed E-state index contributed by atoms with van der Waals surface area (Å²) in [6, 6.07) is 0.775. The molecule has 1 fully saturated rings. The van der Waals surface area contributed by atoms with Gasteiger partial charge in [-0.25, -0.2) is 0 Å². The van der Waals surface area contributed by atoms with E-state index in [1.165, 1.54) is 32.1 Å². The van der Waals surface area contributed by atoms with E-state index in [4.69, 9.17) is 0 Å². The summed E-state index contributed by atoms with van der Waals surface area (Å²) < 4.78 is 0. The highest BCUT2D eigenvalue weighted by Crippen LogP contribution is 2.31. The van der Waals surface area contributed by atoms with Crippen molar-refractivity contribution in [3.05, 3.63) is 0 Å². The average Bonchev–Trinajstić information content (AvgIpc) is 2.10. The van der Waals surface area contributed by atoms with Gasteiger partial charge in [0.05, 0.1) is 0 Å². The van der Waals surface area contributed by atoms with E-state index in [0.29, 0.717) is 0 Å². The lowest BCUT2D eigenvalue weighted by atomic mass is 9.78. The van der Waals surface area contributed by atoms with Gasteiger partial charge >= 0.3 is 0 Å². The molecule has 72 valence electrons. The van der Waals surface area contributed by atoms with Crippen LogP contribution >= 0.6 is 0 Å². The van der Waals surface area contributed by atoms with Gasteiger partial charge in [-0.2, -0.15) is 0 Å². The normalized spacial score (nSPS) is 33.2. The molecule has 0 aromatic rings. The van der Waals surface area contributed by atoms with E-state index in [-0.39, 0.29) is 0 Å². The highest BCUT2D eigenvalue weighted by molar-refractivity contribution is 4.78. The van der Waals surface area contributed by atoms with Crippen molar-refractivity contribution >= 4 is 0 Å². The van der Waals surface area contributed by atoms with E-state index in [1.807, 2.05) is 0 Å². The molecular weight excluding hydrogens is 146 g/mol. The molecule has 1 aliphatic carbocycles. The molecular formula is C11H23N. The Morgan fingerprint density at radius 2 is 1.83 bits per heavy atom. The Bertz CT molecular complexity index is 110. The zero-order chi connectivity index (χ0) is 8.97. The predicted molar refractivity (Wildman–Crippen MR) is 54.3 cm³/mol. The molecule has 0 bridgehead atoms. The van der Waals surface area contributed by atoms with Crippen LogP contribution in [0.4, 0.5) is 0 Å². The van der Waals surface area contributed by atoms with Gasteiger partial charge in [0.15, 0.2) is 0 Å². The lowest BCUT2D eigenvalue weighted by Gasteiger charge is -2.32. The molecule has 1 atom stereocenters. The highest BCUT2D eigenvalue weighted by Gasteiger charge is 2.23. The first-order valence-corrected chi connectivity index (χ1v) is 5.45. The first-order valence-electron chi connectivity index (χ1n) is 5.45. The molecule has 0 radical (unpaired) electrons. The number of rotatable bonds is 3. The van der Waals surface area contributed by atoms with Gasteiger partial charge in [0, 0.05) is 6.04 Å². The molecule has 12 heavy (non-hydrogen) atoms. The van der Waals surface area contributed by atoms with E-state index in [2.05, 4.69) is 26.2 Å². The van der Waals surface area contributed by atoms with Crippen LogP contribution in [-0.4, -0.2) is 13.1 Å². The van der Waals surface area contributed by atoms with Crippen LogP contribution in [0.25, 0.3) is 0 Å². The van der Waals surface area contributed by atoms with Crippen molar-refractivity contribution in [2.75, 3.05) is 7.05 Å². The SMILES string of the molecule is CCC(NC)C1CCC(C)CC1. The molecule has 1 rings (SSSR count). The summed E-state index contributed by atoms with van der Waals surface area (Å²) >= 11 is 0. The summed E-state index contributed by atoms with van der Waals surface area (Å²) in [5.74, 6) is 1.94. The summed E-state index contributed by atoms with van der Waals surface area (Å²) in [6.07, 6.45) is 7.07. The van der Waals surface area contributed by atoms with Crippen LogP contribution in [0.3, 0.4) is 0 Å². The minimum Gasteiger partial charge on any atom is -0.317 e. The van der Waals surface area contributed by atoms with Crippen LogP contribution in [0.2, 0.25) is 0 Å². The Hall–Kier alpha value is -0.0400. The topological polar surface area (TPSA) is 12.0 Å². The lowest BCUT2D eigenvalue weighted by molar-refractivity contribution is 0.232. The molecule has 1 heteroatoms. The second-order valence-corrected chi connectivity index (χ2v) is 4.32. The maximum absolute atomic E-state index is 3.44. The Morgan fingerprint density at radius 1 is 1.25 bits per heavy atom. The van der Waals surface area contributed by atoms with Crippen LogP contribution < -0.4 is 5.32 Å². The maximum Gasteiger partial charge on any atom is 0.00897 e. The van der Waals surface area contributed by atoms with Gasteiger partial charge in [-0.15, -0.1) is 0 Å². The quantitative estimate of drug-likeness (QED) is 0.685. The molecule has 0 heterocycles. The monoisotopic (exact) mass is 169 g/mol. The van der Waals surface area contributed by atoms with Gasteiger partial charge in [-0.3, -0.25) is 0 Å². The van der Waals surface area contributed by atoms with E-state index >= 15 is 0 Å². The average molecular weight is 169 g/mol. The number of hydrogen-bond acceptors (Lipinski definition) is 1. The second kappa shape index (κ2) is 4.86. The van der Waals surface area contributed by atoms with Crippen molar-refractivity contribution < 1.29 is 0 Å². The molecule has 0 spiro atoms. The largest absolute Gasteiger partial charge is 0.317 e. The van der Waals surface area contributed by atoms with Crippen LogP contribution in [0.1, 0.15) is 46.0 Å². The smallest absolute Gasteiger partial charge is 0.00897 e. The first kappa shape index (κ1) is 10.0. The zero-order valence-corrected chi connectivity index (χ0v) is 8.77. The molecule has 0 aliphatic heterocycles. The van der Waals surface area contributed by atoms with E-state index in [9.17, 15) is 0 Å². The van der Waals surface area contributed by atoms with Gasteiger partial charge in [0.25, 0.3) is 0 Å². The van der Waals surface area contributed by atoms with Crippen LogP contribution in [-0.2, 0) is 0 Å². The van der Waals surface area contributed by atoms with Crippen LogP contribution in [0.15, 0.2) is 0 Å². The molecule has 1 saturated carbocycles. The number of hydrogen-bond donors (Lipinski definition) is 1. The Labute approximate surface area is 76.9 Å². The molecule has 0 aromatic heterocycles. The fourth-order valence-corrected chi connectivity index (χ4v) is 2.46. The van der Waals surface area contributed by atoms with Crippen molar-refractivity contribution in [2.24, 2.45) is 11.8 Å². The lowest BCUT2D eigenvalue weighted by Crippen LogP contribution is -2.34. The summed E-state index contributed by atoms with van der Waals surface area (Å²) in [5.41, 5.74) is 0. The summed E-state index contributed by atoms with van der Waals surface area (Å²) in [5, 5.41) is 3.44. The van der Waals surface area contributed by atoms with Crippen LogP contribution in [0.5, 0.6) is 0 Å². The fourth-order valence-electron chi connectivity index (χ4n) is 2.46. The third-order valence-corrected chi connectivity index (χ3v) is 3.44. The molecule has 0 aromatic carbocycles. The third-order valence-electron chi connectivity index (χ3n) is 3.44. The van der Waals surface area contributed by atoms with Crippen molar-refractivity contribution in [1.82, 2.24) is 5.32 Å². The number of nitrogens with one attached hydrogen (secondary N) is 1. The molecule has 1 nitrogen and oxygen atoms in total. The minimum absolute atomic E-state index is 0.775. The molecule has 1 unspecified atom stereocenters. The standard InChI is InChI=1S/C11H23N/c1-4-11(12-3)10-7-5-9(2)6-8-10/h9-12H,4-8H2,1-3H3.